The normalized spacial score (nSPS) is 32.4. The fraction of sp³-hybridized carbons (Fsp3) is 0.622. The van der Waals surface area contributed by atoms with Crippen LogP contribution in [0.3, 0.4) is 0 Å². The van der Waals surface area contributed by atoms with Gasteiger partial charge in [-0.3, -0.25) is 19.2 Å². The number of cyclic esters (lactones) is 1. The molecule has 10 heteroatoms. The molecule has 4 heterocycles. The number of ether oxygens (including phenoxy) is 2. The fourth-order valence-electron chi connectivity index (χ4n) is 8.25. The highest BCUT2D eigenvalue weighted by atomic mass is 16.6. The van der Waals surface area contributed by atoms with Crippen molar-refractivity contribution in [2.45, 2.75) is 109 Å². The van der Waals surface area contributed by atoms with Gasteiger partial charge in [0.15, 0.2) is 0 Å². The number of carbonyl (C=O) groups is 4. The molecule has 0 radical (unpaired) electrons. The van der Waals surface area contributed by atoms with Crippen molar-refractivity contribution in [1.29, 1.82) is 0 Å². The summed E-state index contributed by atoms with van der Waals surface area (Å²) in [6.07, 6.45) is 8.25. The molecule has 0 aromatic heterocycles. The van der Waals surface area contributed by atoms with Crippen molar-refractivity contribution in [3.63, 3.8) is 0 Å². The number of esters is 1. The zero-order chi connectivity index (χ0) is 34.1. The zero-order valence-corrected chi connectivity index (χ0v) is 28.6. The Morgan fingerprint density at radius 2 is 1.72 bits per heavy atom. The number of aliphatic hydroxyl groups excluding tert-OH is 1. The van der Waals surface area contributed by atoms with E-state index in [1.807, 2.05) is 67.3 Å². The molecule has 3 amide bonds. The molecule has 1 spiro atoms. The highest BCUT2D eigenvalue weighted by Crippen LogP contribution is 2.56. The molecule has 256 valence electrons. The number of nitrogens with one attached hydrogen (secondary N) is 1. The van der Waals surface area contributed by atoms with Gasteiger partial charge in [0.2, 0.25) is 17.7 Å². The van der Waals surface area contributed by atoms with Gasteiger partial charge in [-0.25, -0.2) is 0 Å². The maximum atomic E-state index is 15.0. The summed E-state index contributed by atoms with van der Waals surface area (Å²) in [5, 5.41) is 12.5. The number of likely N-dealkylation sites (tertiary alicyclic amines) is 1. The van der Waals surface area contributed by atoms with Gasteiger partial charge in [-0.15, -0.1) is 0 Å². The maximum Gasteiger partial charge on any atom is 0.313 e. The van der Waals surface area contributed by atoms with E-state index in [2.05, 4.69) is 26.1 Å². The molecule has 2 N–H and O–H groups in total. The molecule has 5 bridgehead atoms. The Labute approximate surface area is 278 Å². The molecule has 7 atom stereocenters. The van der Waals surface area contributed by atoms with E-state index in [9.17, 15) is 19.5 Å². The van der Waals surface area contributed by atoms with Crippen LogP contribution in [0, 0.1) is 17.3 Å². The van der Waals surface area contributed by atoms with Gasteiger partial charge in [0, 0.05) is 31.7 Å². The second-order valence-corrected chi connectivity index (χ2v) is 15.3. The van der Waals surface area contributed by atoms with E-state index >= 15 is 4.79 Å². The molecule has 47 heavy (non-hydrogen) atoms. The first-order valence-electron chi connectivity index (χ1n) is 17.0. The summed E-state index contributed by atoms with van der Waals surface area (Å²) in [7, 11) is 0. The number of amides is 3. The SMILES string of the molecule is C[C@H]1NC(=O)CC/C=C\CN(C(C)(C)CC(C)(C)C)C(=O)[C@@H]2N(CCCCO)C(=O)[C@H]3[C@H](C(=O)O[C@@H]1c1ccccc1)[C@@H]1C=C[C@]23O1. The summed E-state index contributed by atoms with van der Waals surface area (Å²) in [5.41, 5.74) is -1.33. The van der Waals surface area contributed by atoms with Gasteiger partial charge < -0.3 is 29.7 Å². The molecule has 5 rings (SSSR count). The Morgan fingerprint density at radius 3 is 2.40 bits per heavy atom. The van der Waals surface area contributed by atoms with Crippen molar-refractivity contribution >= 4 is 23.7 Å². The minimum atomic E-state index is -1.34. The highest BCUT2D eigenvalue weighted by molar-refractivity contribution is 5.99. The third-order valence-corrected chi connectivity index (χ3v) is 9.85. The molecule has 2 fully saturated rings. The number of hydrogen-bond donors (Lipinski definition) is 2. The van der Waals surface area contributed by atoms with Crippen LogP contribution in [0.4, 0.5) is 0 Å². The van der Waals surface area contributed by atoms with E-state index in [0.717, 1.165) is 0 Å². The molecular weight excluding hydrogens is 598 g/mol. The van der Waals surface area contributed by atoms with Crippen LogP contribution in [0.5, 0.6) is 0 Å². The van der Waals surface area contributed by atoms with Crippen LogP contribution in [-0.2, 0) is 28.7 Å². The summed E-state index contributed by atoms with van der Waals surface area (Å²) in [6.45, 7) is 12.8. The van der Waals surface area contributed by atoms with E-state index in [4.69, 9.17) is 9.47 Å². The van der Waals surface area contributed by atoms with Crippen molar-refractivity contribution in [3.8, 4) is 0 Å². The molecule has 1 aromatic rings. The van der Waals surface area contributed by atoms with Crippen LogP contribution >= 0.6 is 0 Å². The second-order valence-electron chi connectivity index (χ2n) is 15.3. The van der Waals surface area contributed by atoms with E-state index in [0.29, 0.717) is 31.2 Å². The lowest BCUT2D eigenvalue weighted by atomic mass is 9.74. The van der Waals surface area contributed by atoms with Crippen molar-refractivity contribution in [3.05, 3.63) is 60.2 Å². The first-order chi connectivity index (χ1) is 22.2. The molecule has 2 saturated heterocycles. The highest BCUT2D eigenvalue weighted by Gasteiger charge is 2.73. The van der Waals surface area contributed by atoms with E-state index < -0.39 is 53.2 Å². The molecule has 0 unspecified atom stereocenters. The van der Waals surface area contributed by atoms with E-state index in [-0.39, 0.29) is 49.3 Å². The van der Waals surface area contributed by atoms with E-state index in [1.165, 1.54) is 0 Å². The minimum absolute atomic E-state index is 0.0340. The fourth-order valence-corrected chi connectivity index (χ4v) is 8.25. The number of aliphatic hydroxyl groups is 1. The molecule has 0 saturated carbocycles. The Morgan fingerprint density at radius 1 is 1.00 bits per heavy atom. The zero-order valence-electron chi connectivity index (χ0n) is 28.6. The van der Waals surface area contributed by atoms with Gasteiger partial charge in [-0.2, -0.15) is 0 Å². The van der Waals surface area contributed by atoms with Gasteiger partial charge >= 0.3 is 5.97 Å². The van der Waals surface area contributed by atoms with Crippen LogP contribution < -0.4 is 5.32 Å². The van der Waals surface area contributed by atoms with Gasteiger partial charge in [0.1, 0.15) is 23.7 Å². The second kappa shape index (κ2) is 13.5. The first-order valence-corrected chi connectivity index (χ1v) is 17.0. The van der Waals surface area contributed by atoms with Crippen molar-refractivity contribution in [1.82, 2.24) is 15.1 Å². The predicted molar refractivity (Wildman–Crippen MR) is 177 cm³/mol. The molecule has 0 aliphatic carbocycles. The van der Waals surface area contributed by atoms with Crippen molar-refractivity contribution < 1.29 is 33.8 Å². The number of allylic oxidation sites excluding steroid dienone is 1. The number of carbonyl (C=O) groups excluding carboxylic acids is 4. The number of fused-ring (bicyclic) bond motifs is 2. The molecule has 1 aromatic carbocycles. The Bertz CT molecular complexity index is 1400. The van der Waals surface area contributed by atoms with E-state index in [1.54, 1.807) is 17.9 Å². The smallest absolute Gasteiger partial charge is 0.313 e. The molecular formula is C37H51N3O7. The lowest BCUT2D eigenvalue weighted by Crippen LogP contribution is -2.60. The average Bonchev–Trinajstić information content (AvgIpc) is 3.63. The van der Waals surface area contributed by atoms with Crippen LogP contribution in [0.15, 0.2) is 54.6 Å². The van der Waals surface area contributed by atoms with Gasteiger partial charge in [-0.05, 0) is 57.4 Å². The number of rotatable bonds is 7. The maximum absolute atomic E-state index is 15.0. The summed E-state index contributed by atoms with van der Waals surface area (Å²) < 4.78 is 12.8. The number of nitrogens with zero attached hydrogens (tertiary/aromatic N) is 2. The third-order valence-electron chi connectivity index (χ3n) is 9.85. The number of benzene rings is 1. The Kier molecular flexibility index (Phi) is 10.0. The van der Waals surface area contributed by atoms with Crippen LogP contribution in [0.25, 0.3) is 0 Å². The predicted octanol–water partition coefficient (Wildman–Crippen LogP) is 4.09. The largest absolute Gasteiger partial charge is 0.455 e. The standard InChI is InChI=1S/C37H51N3O7/c1-24-30(25-15-9-7-10-16-25)46-34(45)28-26-18-19-37(47-26)29(28)32(43)39(20-13-14-22-41)31(37)33(44)40(36(5,6)23-35(2,3)4)21-12-8-11-17-27(42)38-24/h7-10,12,15-16,18-19,24,26,28-31,41H,11,13-14,17,20-23H2,1-6H3,(H,38,42)/b12-8-/t24-,26+,28-,29-,30+,31+,37-/m1/s1. The third kappa shape index (κ3) is 6.90. The molecule has 4 aliphatic rings. The van der Waals surface area contributed by atoms with Gasteiger partial charge in [0.25, 0.3) is 0 Å². The monoisotopic (exact) mass is 649 g/mol. The average molecular weight is 650 g/mol. The molecule has 10 nitrogen and oxygen atoms in total. The van der Waals surface area contributed by atoms with Crippen molar-refractivity contribution in [2.24, 2.45) is 17.3 Å². The minimum Gasteiger partial charge on any atom is -0.455 e. The summed E-state index contributed by atoms with van der Waals surface area (Å²) >= 11 is 0. The van der Waals surface area contributed by atoms with Gasteiger partial charge in [-0.1, -0.05) is 75.4 Å². The summed E-state index contributed by atoms with van der Waals surface area (Å²) in [4.78, 5) is 60.1. The number of unbranched alkanes of at least 4 members (excludes halogenated alkanes) is 1. The van der Waals surface area contributed by atoms with Gasteiger partial charge in [0.05, 0.1) is 18.1 Å². The lowest BCUT2D eigenvalue weighted by Gasteiger charge is -2.45. The Balaban J connectivity index is 1.60. The summed E-state index contributed by atoms with van der Waals surface area (Å²) in [6, 6.07) is 7.70. The van der Waals surface area contributed by atoms with Crippen LogP contribution in [0.2, 0.25) is 0 Å². The van der Waals surface area contributed by atoms with Crippen LogP contribution in [0.1, 0.15) is 85.3 Å². The Hall–Kier alpha value is -3.50. The molecule has 4 aliphatic heterocycles. The lowest BCUT2D eigenvalue weighted by molar-refractivity contribution is -0.161. The topological polar surface area (TPSA) is 125 Å². The van der Waals surface area contributed by atoms with Crippen molar-refractivity contribution in [2.75, 3.05) is 19.7 Å². The van der Waals surface area contributed by atoms with Crippen LogP contribution in [-0.4, -0.2) is 87.6 Å². The summed E-state index contributed by atoms with van der Waals surface area (Å²) in [5.74, 6) is -3.27. The first kappa shape index (κ1) is 34.8. The number of hydrogen-bond acceptors (Lipinski definition) is 7. The quantitative estimate of drug-likeness (QED) is 0.259.